The van der Waals surface area contributed by atoms with Crippen LogP contribution in [0.3, 0.4) is 0 Å². The number of nitrogens with zero attached hydrogens (tertiary/aromatic N) is 1. The van der Waals surface area contributed by atoms with Gasteiger partial charge in [0.05, 0.1) is 17.6 Å². The van der Waals surface area contributed by atoms with Crippen molar-refractivity contribution in [3.8, 4) is 22.6 Å². The second-order valence-electron chi connectivity index (χ2n) is 6.27. The minimum absolute atomic E-state index is 0.109. The third-order valence-corrected chi connectivity index (χ3v) is 4.08. The fraction of sp³-hybridized carbons (Fsp3) is 0.400. The zero-order valence-corrected chi connectivity index (χ0v) is 15.5. The second-order valence-corrected chi connectivity index (χ2v) is 6.27. The smallest absolute Gasteiger partial charge is 0.493 e. The number of alkyl halides is 3. The molecule has 0 amide bonds. The number of hydrogen-bond acceptors (Lipinski definition) is 4. The molecule has 0 saturated heterocycles. The van der Waals surface area contributed by atoms with E-state index in [2.05, 4.69) is 11.7 Å². The van der Waals surface area contributed by atoms with Crippen molar-refractivity contribution in [3.63, 3.8) is 0 Å². The lowest BCUT2D eigenvalue weighted by Crippen LogP contribution is -2.16. The average Bonchev–Trinajstić information content (AvgIpc) is 2.64. The number of nitro benzene ring substituents is 1. The van der Waals surface area contributed by atoms with Crippen LogP contribution in [0, 0.1) is 10.1 Å². The number of unbranched alkanes of at least 4 members (excludes halogenated alkanes) is 4. The molecule has 0 heterocycles. The van der Waals surface area contributed by atoms with Gasteiger partial charge in [0.2, 0.25) is 0 Å². The molecule has 0 atom stereocenters. The predicted octanol–water partition coefficient (Wildman–Crippen LogP) is 6.51. The highest BCUT2D eigenvalue weighted by molar-refractivity contribution is 5.72. The molecular formula is C20H22F3NO4. The molecule has 0 N–H and O–H groups in total. The van der Waals surface area contributed by atoms with Crippen LogP contribution in [0.25, 0.3) is 11.1 Å². The predicted molar refractivity (Wildman–Crippen MR) is 99.5 cm³/mol. The first-order valence-corrected chi connectivity index (χ1v) is 9.07. The van der Waals surface area contributed by atoms with Crippen molar-refractivity contribution in [2.24, 2.45) is 0 Å². The van der Waals surface area contributed by atoms with Gasteiger partial charge >= 0.3 is 6.36 Å². The van der Waals surface area contributed by atoms with Crippen LogP contribution < -0.4 is 9.47 Å². The van der Waals surface area contributed by atoms with Gasteiger partial charge in [0.15, 0.2) is 0 Å². The molecule has 0 fully saturated rings. The maximum atomic E-state index is 12.3. The Bertz CT molecular complexity index is 776. The lowest BCUT2D eigenvalue weighted by Gasteiger charge is -2.13. The average molecular weight is 397 g/mol. The largest absolute Gasteiger partial charge is 0.573 e. The van der Waals surface area contributed by atoms with E-state index in [0.29, 0.717) is 23.5 Å². The van der Waals surface area contributed by atoms with Gasteiger partial charge in [-0.05, 0) is 30.2 Å². The lowest BCUT2D eigenvalue weighted by atomic mass is 10.0. The van der Waals surface area contributed by atoms with Crippen molar-refractivity contribution in [2.75, 3.05) is 6.61 Å². The van der Waals surface area contributed by atoms with E-state index < -0.39 is 11.3 Å². The Balaban J connectivity index is 2.16. The van der Waals surface area contributed by atoms with E-state index in [4.69, 9.17) is 4.74 Å². The van der Waals surface area contributed by atoms with Crippen LogP contribution >= 0.6 is 0 Å². The van der Waals surface area contributed by atoms with E-state index in [-0.39, 0.29) is 11.4 Å². The molecule has 0 unspecified atom stereocenters. The maximum Gasteiger partial charge on any atom is 0.573 e. The number of halogens is 3. The molecule has 2 aromatic carbocycles. The highest BCUT2D eigenvalue weighted by Crippen LogP contribution is 2.35. The van der Waals surface area contributed by atoms with Crippen LogP contribution in [0.1, 0.15) is 39.0 Å². The molecule has 0 spiro atoms. The summed E-state index contributed by atoms with van der Waals surface area (Å²) in [6, 6.07) is 9.50. The molecule has 0 aliphatic heterocycles. The summed E-state index contributed by atoms with van der Waals surface area (Å²) in [6.45, 7) is 2.53. The first kappa shape index (κ1) is 21.5. The molecule has 8 heteroatoms. The van der Waals surface area contributed by atoms with Crippen molar-refractivity contribution in [2.45, 2.75) is 45.4 Å². The zero-order chi connectivity index (χ0) is 20.6. The SMILES string of the molecule is CCCCCCCOc1cc([N+](=O)[O-])ccc1-c1ccc(OC(F)(F)F)cc1. The molecule has 0 radical (unpaired) electrons. The quantitative estimate of drug-likeness (QED) is 0.260. The van der Waals surface area contributed by atoms with Gasteiger partial charge in [0.25, 0.3) is 5.69 Å². The normalized spacial score (nSPS) is 11.3. The summed E-state index contributed by atoms with van der Waals surface area (Å²) in [5.74, 6) is -0.00858. The van der Waals surface area contributed by atoms with E-state index in [1.807, 2.05) is 0 Å². The number of nitro groups is 1. The Morgan fingerprint density at radius 3 is 2.29 bits per heavy atom. The van der Waals surface area contributed by atoms with Gasteiger partial charge in [0, 0.05) is 11.6 Å². The van der Waals surface area contributed by atoms with Gasteiger partial charge in [-0.2, -0.15) is 0 Å². The topological polar surface area (TPSA) is 61.6 Å². The maximum absolute atomic E-state index is 12.3. The first-order valence-electron chi connectivity index (χ1n) is 9.07. The van der Waals surface area contributed by atoms with Crippen molar-refractivity contribution in [1.29, 1.82) is 0 Å². The number of hydrogen-bond donors (Lipinski definition) is 0. The summed E-state index contributed by atoms with van der Waals surface area (Å²) in [5, 5.41) is 11.1. The molecule has 0 aliphatic rings. The third kappa shape index (κ3) is 6.75. The Kier molecular flexibility index (Phi) is 7.66. The highest BCUT2D eigenvalue weighted by Gasteiger charge is 2.31. The van der Waals surface area contributed by atoms with Crippen LogP contribution in [0.4, 0.5) is 18.9 Å². The Morgan fingerprint density at radius 2 is 1.68 bits per heavy atom. The molecule has 0 saturated carbocycles. The zero-order valence-electron chi connectivity index (χ0n) is 15.5. The van der Waals surface area contributed by atoms with Gasteiger partial charge in [-0.15, -0.1) is 13.2 Å². The molecule has 2 rings (SSSR count). The number of ether oxygens (including phenoxy) is 2. The lowest BCUT2D eigenvalue weighted by molar-refractivity contribution is -0.384. The van der Waals surface area contributed by atoms with E-state index >= 15 is 0 Å². The molecule has 0 bridgehead atoms. The summed E-state index contributed by atoms with van der Waals surface area (Å²) in [4.78, 5) is 10.5. The Hall–Kier alpha value is -2.77. The molecule has 152 valence electrons. The van der Waals surface area contributed by atoms with E-state index in [1.165, 1.54) is 42.5 Å². The van der Waals surface area contributed by atoms with Crippen molar-refractivity contribution >= 4 is 5.69 Å². The number of rotatable bonds is 10. The number of non-ortho nitro benzene ring substituents is 1. The van der Waals surface area contributed by atoms with E-state index in [1.54, 1.807) is 0 Å². The summed E-state index contributed by atoms with van der Waals surface area (Å²) >= 11 is 0. The third-order valence-electron chi connectivity index (χ3n) is 4.08. The standard InChI is InChI=1S/C20H22F3NO4/c1-2-3-4-5-6-13-27-19-14-16(24(25)26)9-12-18(19)15-7-10-17(11-8-15)28-20(21,22)23/h7-12,14H,2-6,13H2,1H3. The van der Waals surface area contributed by atoms with Crippen LogP contribution in [0.5, 0.6) is 11.5 Å². The van der Waals surface area contributed by atoms with Gasteiger partial charge in [0.1, 0.15) is 11.5 Å². The fourth-order valence-electron chi connectivity index (χ4n) is 2.71. The van der Waals surface area contributed by atoms with Gasteiger partial charge in [-0.3, -0.25) is 10.1 Å². The van der Waals surface area contributed by atoms with E-state index in [0.717, 1.165) is 32.1 Å². The van der Waals surface area contributed by atoms with Crippen molar-refractivity contribution in [3.05, 3.63) is 52.6 Å². The second kappa shape index (κ2) is 9.96. The minimum Gasteiger partial charge on any atom is -0.493 e. The number of benzene rings is 2. The van der Waals surface area contributed by atoms with Crippen LogP contribution in [-0.4, -0.2) is 17.9 Å². The highest BCUT2D eigenvalue weighted by atomic mass is 19.4. The van der Waals surface area contributed by atoms with Crippen molar-refractivity contribution in [1.82, 2.24) is 0 Å². The van der Waals surface area contributed by atoms with Crippen molar-refractivity contribution < 1.29 is 27.6 Å². The monoisotopic (exact) mass is 397 g/mol. The molecule has 0 aromatic heterocycles. The van der Waals surface area contributed by atoms with Gasteiger partial charge in [-0.1, -0.05) is 44.7 Å². The molecule has 2 aromatic rings. The van der Waals surface area contributed by atoms with E-state index in [9.17, 15) is 23.3 Å². The van der Waals surface area contributed by atoms with Crippen LogP contribution in [0.2, 0.25) is 0 Å². The van der Waals surface area contributed by atoms with Crippen LogP contribution in [-0.2, 0) is 0 Å². The molecule has 5 nitrogen and oxygen atoms in total. The summed E-state index contributed by atoms with van der Waals surface area (Å²) < 4.78 is 46.5. The summed E-state index contributed by atoms with van der Waals surface area (Å²) in [5.41, 5.74) is 1.03. The summed E-state index contributed by atoms with van der Waals surface area (Å²) in [6.07, 6.45) is 0.434. The van der Waals surface area contributed by atoms with Gasteiger partial charge < -0.3 is 9.47 Å². The van der Waals surface area contributed by atoms with Crippen LogP contribution in [0.15, 0.2) is 42.5 Å². The summed E-state index contributed by atoms with van der Waals surface area (Å²) in [7, 11) is 0. The Labute approximate surface area is 161 Å². The molecule has 0 aliphatic carbocycles. The minimum atomic E-state index is -4.76. The fourth-order valence-corrected chi connectivity index (χ4v) is 2.71. The van der Waals surface area contributed by atoms with Gasteiger partial charge in [-0.25, -0.2) is 0 Å². The first-order chi connectivity index (χ1) is 13.3. The molecular weight excluding hydrogens is 375 g/mol. The molecule has 28 heavy (non-hydrogen) atoms. The Morgan fingerprint density at radius 1 is 1.00 bits per heavy atom.